The lowest BCUT2D eigenvalue weighted by Gasteiger charge is -2.33. The number of guanidine groups is 1. The maximum atomic E-state index is 11.6. The summed E-state index contributed by atoms with van der Waals surface area (Å²) >= 11 is 1.92. The van der Waals surface area contributed by atoms with Gasteiger partial charge in [0.2, 0.25) is 0 Å². The molecule has 1 aliphatic rings. The first kappa shape index (κ1) is 23.1. The van der Waals surface area contributed by atoms with Crippen molar-refractivity contribution in [2.75, 3.05) is 39.5 Å². The summed E-state index contributed by atoms with van der Waals surface area (Å²) < 4.78 is 4.84. The monoisotopic (exact) mass is 491 g/mol. The zero-order valence-corrected chi connectivity index (χ0v) is 19.0. The topological polar surface area (TPSA) is 53.9 Å². The number of benzene rings is 1. The maximum Gasteiger partial charge on any atom is 0.308 e. The molecule has 0 spiro atoms. The molecular formula is C19H30IN3O2S. The molecule has 0 saturated carbocycles. The third kappa shape index (κ3) is 7.34. The highest BCUT2D eigenvalue weighted by Crippen LogP contribution is 2.18. The lowest BCUT2D eigenvalue weighted by atomic mass is 9.97. The fourth-order valence-corrected chi connectivity index (χ4v) is 3.75. The minimum absolute atomic E-state index is 0. The molecule has 1 fully saturated rings. The molecule has 1 saturated heterocycles. The van der Waals surface area contributed by atoms with Crippen LogP contribution in [0.1, 0.15) is 24.0 Å². The molecule has 1 aromatic carbocycles. The van der Waals surface area contributed by atoms with Crippen LogP contribution in [0, 0.1) is 12.8 Å². The van der Waals surface area contributed by atoms with Crippen molar-refractivity contribution in [3.8, 4) is 0 Å². The van der Waals surface area contributed by atoms with Gasteiger partial charge in [0.1, 0.15) is 0 Å². The summed E-state index contributed by atoms with van der Waals surface area (Å²) in [7, 11) is 3.28. The third-order valence-electron chi connectivity index (χ3n) is 4.46. The largest absolute Gasteiger partial charge is 0.469 e. The smallest absolute Gasteiger partial charge is 0.308 e. The fraction of sp³-hybridized carbons (Fsp3) is 0.579. The lowest BCUT2D eigenvalue weighted by Crippen LogP contribution is -2.47. The number of carbonyl (C=O) groups is 1. The summed E-state index contributed by atoms with van der Waals surface area (Å²) in [6.07, 6.45) is 1.66. The number of nitrogens with one attached hydrogen (secondary N) is 1. The van der Waals surface area contributed by atoms with Crippen molar-refractivity contribution in [3.63, 3.8) is 0 Å². The minimum atomic E-state index is -0.0879. The number of carbonyl (C=O) groups excluding carboxylic acids is 1. The van der Waals surface area contributed by atoms with Crippen LogP contribution in [-0.4, -0.2) is 56.4 Å². The molecule has 5 nitrogen and oxygen atoms in total. The zero-order valence-electron chi connectivity index (χ0n) is 15.9. The van der Waals surface area contributed by atoms with E-state index >= 15 is 0 Å². The van der Waals surface area contributed by atoms with Gasteiger partial charge in [0.25, 0.3) is 0 Å². The van der Waals surface area contributed by atoms with Crippen molar-refractivity contribution < 1.29 is 9.53 Å². The highest BCUT2D eigenvalue weighted by molar-refractivity contribution is 14.0. The third-order valence-corrected chi connectivity index (χ3v) is 5.49. The summed E-state index contributed by atoms with van der Waals surface area (Å²) in [5.41, 5.74) is 2.67. The predicted octanol–water partition coefficient (Wildman–Crippen LogP) is 3.31. The van der Waals surface area contributed by atoms with E-state index in [-0.39, 0.29) is 35.9 Å². The van der Waals surface area contributed by atoms with E-state index in [0.29, 0.717) is 0 Å². The first-order valence-electron chi connectivity index (χ1n) is 8.80. The molecule has 1 N–H and O–H groups in total. The van der Waals surface area contributed by atoms with Gasteiger partial charge < -0.3 is 15.0 Å². The zero-order chi connectivity index (χ0) is 18.1. The Labute approximate surface area is 178 Å². The summed E-state index contributed by atoms with van der Waals surface area (Å²) in [6, 6.07) is 8.71. The van der Waals surface area contributed by atoms with Gasteiger partial charge in [-0.1, -0.05) is 29.8 Å². The van der Waals surface area contributed by atoms with Gasteiger partial charge in [-0.05, 0) is 25.3 Å². The number of likely N-dealkylation sites (tertiary alicyclic amines) is 1. The number of nitrogens with zero attached hydrogens (tertiary/aromatic N) is 2. The summed E-state index contributed by atoms with van der Waals surface area (Å²) in [4.78, 5) is 18.2. The molecule has 2 rings (SSSR count). The number of ether oxygens (including phenoxy) is 1. The molecule has 7 heteroatoms. The molecule has 0 amide bonds. The van der Waals surface area contributed by atoms with Crippen LogP contribution in [0.2, 0.25) is 0 Å². The average Bonchev–Trinajstić information content (AvgIpc) is 2.65. The van der Waals surface area contributed by atoms with Crippen LogP contribution in [0.3, 0.4) is 0 Å². The quantitative estimate of drug-likeness (QED) is 0.218. The highest BCUT2D eigenvalue weighted by atomic mass is 127. The van der Waals surface area contributed by atoms with Crippen LogP contribution in [-0.2, 0) is 15.3 Å². The molecule has 1 aliphatic heterocycles. The van der Waals surface area contributed by atoms with Gasteiger partial charge in [0.15, 0.2) is 5.96 Å². The molecule has 1 heterocycles. The molecule has 0 radical (unpaired) electrons. The van der Waals surface area contributed by atoms with Crippen LogP contribution < -0.4 is 5.32 Å². The number of esters is 1. The number of aryl methyl sites for hydroxylation is 1. The predicted molar refractivity (Wildman–Crippen MR) is 120 cm³/mol. The molecule has 1 aromatic rings. The number of methoxy groups -OCH3 is 1. The van der Waals surface area contributed by atoms with Crippen LogP contribution >= 0.6 is 35.7 Å². The second-order valence-electron chi connectivity index (χ2n) is 6.30. The van der Waals surface area contributed by atoms with E-state index in [2.05, 4.69) is 46.4 Å². The van der Waals surface area contributed by atoms with Crippen molar-refractivity contribution in [1.82, 2.24) is 10.2 Å². The molecule has 0 unspecified atom stereocenters. The van der Waals surface area contributed by atoms with Crippen molar-refractivity contribution >= 4 is 47.7 Å². The van der Waals surface area contributed by atoms with Gasteiger partial charge >= 0.3 is 5.97 Å². The number of hydrogen-bond donors (Lipinski definition) is 1. The summed E-state index contributed by atoms with van der Waals surface area (Å²) in [5.74, 6) is 2.94. The van der Waals surface area contributed by atoms with E-state index in [0.717, 1.165) is 49.9 Å². The molecule has 146 valence electrons. The van der Waals surface area contributed by atoms with E-state index < -0.39 is 0 Å². The van der Waals surface area contributed by atoms with Crippen molar-refractivity contribution in [2.24, 2.45) is 10.9 Å². The summed E-state index contributed by atoms with van der Waals surface area (Å²) in [5, 5.41) is 3.43. The summed E-state index contributed by atoms with van der Waals surface area (Å²) in [6.45, 7) is 4.69. The van der Waals surface area contributed by atoms with Gasteiger partial charge in [0.05, 0.1) is 13.0 Å². The number of hydrogen-bond acceptors (Lipinski definition) is 4. The number of piperidine rings is 1. The van der Waals surface area contributed by atoms with Gasteiger partial charge in [-0.2, -0.15) is 11.8 Å². The van der Waals surface area contributed by atoms with E-state index in [1.165, 1.54) is 18.2 Å². The van der Waals surface area contributed by atoms with Crippen LogP contribution in [0.15, 0.2) is 29.3 Å². The van der Waals surface area contributed by atoms with Gasteiger partial charge in [-0.25, -0.2) is 0 Å². The Morgan fingerprint density at radius 2 is 1.96 bits per heavy atom. The first-order valence-corrected chi connectivity index (χ1v) is 9.96. The average molecular weight is 491 g/mol. The molecule has 0 atom stereocenters. The molecule has 26 heavy (non-hydrogen) atoms. The molecule has 0 aromatic heterocycles. The van der Waals surface area contributed by atoms with Crippen molar-refractivity contribution in [2.45, 2.75) is 25.5 Å². The number of halogens is 1. The normalized spacial score (nSPS) is 15.3. The number of rotatable bonds is 6. The van der Waals surface area contributed by atoms with Gasteiger partial charge in [-0.15, -0.1) is 24.0 Å². The Morgan fingerprint density at radius 1 is 1.31 bits per heavy atom. The van der Waals surface area contributed by atoms with Crippen LogP contribution in [0.4, 0.5) is 0 Å². The van der Waals surface area contributed by atoms with Crippen molar-refractivity contribution in [3.05, 3.63) is 35.4 Å². The lowest BCUT2D eigenvalue weighted by molar-refractivity contribution is -0.146. The minimum Gasteiger partial charge on any atom is -0.469 e. The second-order valence-corrected chi connectivity index (χ2v) is 7.40. The number of thioether (sulfide) groups is 1. The van der Waals surface area contributed by atoms with Crippen LogP contribution in [0.5, 0.6) is 0 Å². The molecular weight excluding hydrogens is 461 g/mol. The van der Waals surface area contributed by atoms with Crippen molar-refractivity contribution in [1.29, 1.82) is 0 Å². The Kier molecular flexibility index (Phi) is 11.0. The SMILES string of the molecule is CN=C(NCCSCc1ccc(C)cc1)N1CCC(C(=O)OC)CC1.I. The second kappa shape index (κ2) is 12.4. The Balaban J connectivity index is 0.00000338. The maximum absolute atomic E-state index is 11.6. The molecule has 0 bridgehead atoms. The number of aliphatic imine (C=N–C) groups is 1. The standard InChI is InChI=1S/C19H29N3O2S.HI/c1-15-4-6-16(7-5-15)14-25-13-10-21-19(20-2)22-11-8-17(9-12-22)18(23)24-3;/h4-7,17H,8-14H2,1-3H3,(H,20,21);1H. The van der Waals surface area contributed by atoms with E-state index in [4.69, 9.17) is 4.74 Å². The first-order chi connectivity index (χ1) is 12.1. The Bertz CT molecular complexity index is 573. The fourth-order valence-electron chi connectivity index (χ4n) is 2.94. The van der Waals surface area contributed by atoms with Gasteiger partial charge in [-0.3, -0.25) is 9.79 Å². The van der Waals surface area contributed by atoms with E-state index in [1.807, 2.05) is 18.8 Å². The Morgan fingerprint density at radius 3 is 2.54 bits per heavy atom. The van der Waals surface area contributed by atoms with E-state index in [9.17, 15) is 4.79 Å². The molecule has 0 aliphatic carbocycles. The van der Waals surface area contributed by atoms with E-state index in [1.54, 1.807) is 0 Å². The Hall–Kier alpha value is -0.960. The highest BCUT2D eigenvalue weighted by Gasteiger charge is 2.26. The van der Waals surface area contributed by atoms with Gasteiger partial charge in [0, 0.05) is 38.2 Å². The van der Waals surface area contributed by atoms with Crippen LogP contribution in [0.25, 0.3) is 0 Å².